The highest BCUT2D eigenvalue weighted by Gasteiger charge is 2.28. The smallest absolute Gasteiger partial charge is 0.250 e. The molecule has 1 aliphatic carbocycles. The quantitative estimate of drug-likeness (QED) is 0.676. The van der Waals surface area contributed by atoms with Gasteiger partial charge in [0.1, 0.15) is 6.61 Å². The van der Waals surface area contributed by atoms with Gasteiger partial charge in [-0.05, 0) is 30.5 Å². The third-order valence-electron chi connectivity index (χ3n) is 4.40. The maximum atomic E-state index is 12.2. The number of methoxy groups -OCH3 is 1. The topological polar surface area (TPSA) is 102 Å². The Labute approximate surface area is 154 Å². The summed E-state index contributed by atoms with van der Waals surface area (Å²) >= 11 is 0. The van der Waals surface area contributed by atoms with Crippen molar-refractivity contribution in [2.24, 2.45) is 0 Å². The SMILES string of the molecule is COCC(=O)Nc1cccc(CNC(=O)CCS(=O)(=O)C2CCCC2)c1. The Balaban J connectivity index is 1.79. The van der Waals surface area contributed by atoms with Crippen LogP contribution in [0.2, 0.25) is 0 Å². The molecule has 1 aromatic carbocycles. The Hall–Kier alpha value is -1.93. The van der Waals surface area contributed by atoms with Crippen LogP contribution in [-0.2, 0) is 30.7 Å². The van der Waals surface area contributed by atoms with Crippen molar-refractivity contribution in [1.82, 2.24) is 5.32 Å². The summed E-state index contributed by atoms with van der Waals surface area (Å²) in [6.45, 7) is 0.243. The van der Waals surface area contributed by atoms with E-state index in [-0.39, 0.29) is 42.4 Å². The molecule has 0 saturated heterocycles. The summed E-state index contributed by atoms with van der Waals surface area (Å²) in [6, 6.07) is 7.09. The molecule has 2 amide bonds. The van der Waals surface area contributed by atoms with Gasteiger partial charge in [0.2, 0.25) is 11.8 Å². The van der Waals surface area contributed by atoms with Gasteiger partial charge in [-0.15, -0.1) is 0 Å². The van der Waals surface area contributed by atoms with Crippen LogP contribution in [0, 0.1) is 0 Å². The summed E-state index contributed by atoms with van der Waals surface area (Å²) in [4.78, 5) is 23.5. The molecule has 0 bridgehead atoms. The molecule has 0 atom stereocenters. The monoisotopic (exact) mass is 382 g/mol. The van der Waals surface area contributed by atoms with Crippen molar-refractivity contribution in [2.45, 2.75) is 43.9 Å². The average molecular weight is 382 g/mol. The fourth-order valence-corrected chi connectivity index (χ4v) is 4.88. The fourth-order valence-electron chi connectivity index (χ4n) is 3.03. The summed E-state index contributed by atoms with van der Waals surface area (Å²) in [7, 11) is -1.74. The number of rotatable bonds is 9. The molecule has 1 aliphatic rings. The lowest BCUT2D eigenvalue weighted by Crippen LogP contribution is -2.28. The van der Waals surface area contributed by atoms with Gasteiger partial charge in [0.25, 0.3) is 0 Å². The number of carbonyl (C=O) groups excluding carboxylic acids is 2. The van der Waals surface area contributed by atoms with Crippen LogP contribution in [-0.4, -0.2) is 45.0 Å². The van der Waals surface area contributed by atoms with Gasteiger partial charge in [0, 0.05) is 25.8 Å². The van der Waals surface area contributed by atoms with E-state index in [1.807, 2.05) is 6.07 Å². The van der Waals surface area contributed by atoms with Crippen molar-refractivity contribution in [1.29, 1.82) is 0 Å². The second-order valence-corrected chi connectivity index (χ2v) is 8.88. The highest BCUT2D eigenvalue weighted by molar-refractivity contribution is 7.92. The molecule has 0 unspecified atom stereocenters. The van der Waals surface area contributed by atoms with E-state index in [0.717, 1.165) is 18.4 Å². The van der Waals surface area contributed by atoms with E-state index in [9.17, 15) is 18.0 Å². The highest BCUT2D eigenvalue weighted by Crippen LogP contribution is 2.25. The molecule has 8 heteroatoms. The van der Waals surface area contributed by atoms with Gasteiger partial charge >= 0.3 is 0 Å². The lowest BCUT2D eigenvalue weighted by atomic mass is 10.2. The van der Waals surface area contributed by atoms with E-state index in [1.54, 1.807) is 18.2 Å². The third-order valence-corrected chi connectivity index (χ3v) is 6.66. The summed E-state index contributed by atoms with van der Waals surface area (Å²) < 4.78 is 29.1. The zero-order chi connectivity index (χ0) is 19.0. The van der Waals surface area contributed by atoms with E-state index in [0.29, 0.717) is 18.5 Å². The molecule has 2 rings (SSSR count). The van der Waals surface area contributed by atoms with Gasteiger partial charge in [-0.2, -0.15) is 0 Å². The van der Waals surface area contributed by atoms with Crippen LogP contribution in [0.3, 0.4) is 0 Å². The standard InChI is InChI=1S/C18H26N2O5S/c1-25-13-18(22)20-15-6-4-5-14(11-15)12-19-17(21)9-10-26(23,24)16-7-2-3-8-16/h4-6,11,16H,2-3,7-10,12-13H2,1H3,(H,19,21)(H,20,22). The van der Waals surface area contributed by atoms with E-state index < -0.39 is 9.84 Å². The first-order chi connectivity index (χ1) is 12.4. The summed E-state index contributed by atoms with van der Waals surface area (Å²) in [6.07, 6.45) is 3.31. The second kappa shape index (κ2) is 9.68. The van der Waals surface area contributed by atoms with Crippen molar-refractivity contribution < 1.29 is 22.7 Å². The molecule has 1 saturated carbocycles. The Bertz CT molecular complexity index is 727. The van der Waals surface area contributed by atoms with Crippen molar-refractivity contribution in [3.8, 4) is 0 Å². The maximum Gasteiger partial charge on any atom is 0.250 e. The number of carbonyl (C=O) groups is 2. The Morgan fingerprint density at radius 2 is 1.92 bits per heavy atom. The molecule has 1 fully saturated rings. The van der Waals surface area contributed by atoms with Gasteiger partial charge in [0.15, 0.2) is 9.84 Å². The molecule has 2 N–H and O–H groups in total. The number of sulfone groups is 1. The lowest BCUT2D eigenvalue weighted by molar-refractivity contribution is -0.121. The van der Waals surface area contributed by atoms with Crippen LogP contribution < -0.4 is 10.6 Å². The molecule has 1 aromatic rings. The number of anilines is 1. The van der Waals surface area contributed by atoms with Crippen LogP contribution in [0.25, 0.3) is 0 Å². The molecule has 0 aliphatic heterocycles. The van der Waals surface area contributed by atoms with Crippen molar-refractivity contribution in [3.05, 3.63) is 29.8 Å². The summed E-state index contributed by atoms with van der Waals surface area (Å²) in [5.74, 6) is -0.650. The van der Waals surface area contributed by atoms with E-state index in [2.05, 4.69) is 10.6 Å². The van der Waals surface area contributed by atoms with Crippen LogP contribution in [0.4, 0.5) is 5.69 Å². The van der Waals surface area contributed by atoms with Gasteiger partial charge in [-0.3, -0.25) is 9.59 Å². The fraction of sp³-hybridized carbons (Fsp3) is 0.556. The maximum absolute atomic E-state index is 12.2. The second-order valence-electron chi connectivity index (χ2n) is 6.48. The summed E-state index contributed by atoms with van der Waals surface area (Å²) in [5.41, 5.74) is 1.43. The Kier molecular flexibility index (Phi) is 7.59. The van der Waals surface area contributed by atoms with Crippen LogP contribution >= 0.6 is 0 Å². The minimum atomic E-state index is -3.18. The molecule has 144 valence electrons. The largest absolute Gasteiger partial charge is 0.375 e. The zero-order valence-corrected chi connectivity index (χ0v) is 15.8. The van der Waals surface area contributed by atoms with E-state index in [4.69, 9.17) is 4.74 Å². The number of nitrogens with one attached hydrogen (secondary N) is 2. The third kappa shape index (κ3) is 6.42. The van der Waals surface area contributed by atoms with E-state index >= 15 is 0 Å². The Morgan fingerprint density at radius 3 is 2.62 bits per heavy atom. The first-order valence-corrected chi connectivity index (χ1v) is 10.5. The number of amides is 2. The van der Waals surface area contributed by atoms with E-state index in [1.165, 1.54) is 7.11 Å². The highest BCUT2D eigenvalue weighted by atomic mass is 32.2. The van der Waals surface area contributed by atoms with Crippen LogP contribution in [0.1, 0.15) is 37.7 Å². The van der Waals surface area contributed by atoms with Crippen molar-refractivity contribution in [3.63, 3.8) is 0 Å². The summed E-state index contributed by atoms with van der Waals surface area (Å²) in [5, 5.41) is 5.14. The number of hydrogen-bond acceptors (Lipinski definition) is 5. The van der Waals surface area contributed by atoms with Crippen LogP contribution in [0.15, 0.2) is 24.3 Å². The molecule has 0 spiro atoms. The minimum Gasteiger partial charge on any atom is -0.375 e. The van der Waals surface area contributed by atoms with Crippen molar-refractivity contribution in [2.75, 3.05) is 24.8 Å². The number of ether oxygens (including phenoxy) is 1. The first kappa shape index (κ1) is 20.4. The molecule has 7 nitrogen and oxygen atoms in total. The van der Waals surface area contributed by atoms with Gasteiger partial charge in [-0.1, -0.05) is 25.0 Å². The normalized spacial score (nSPS) is 15.0. The van der Waals surface area contributed by atoms with Crippen molar-refractivity contribution >= 4 is 27.3 Å². The molecular formula is C18H26N2O5S. The van der Waals surface area contributed by atoms with Gasteiger partial charge < -0.3 is 15.4 Å². The molecule has 0 radical (unpaired) electrons. The van der Waals surface area contributed by atoms with Crippen LogP contribution in [0.5, 0.6) is 0 Å². The Morgan fingerprint density at radius 1 is 1.19 bits per heavy atom. The predicted molar refractivity (Wildman–Crippen MR) is 99.5 cm³/mol. The lowest BCUT2D eigenvalue weighted by Gasteiger charge is -2.11. The molecular weight excluding hydrogens is 356 g/mol. The average Bonchev–Trinajstić information content (AvgIpc) is 3.14. The van der Waals surface area contributed by atoms with Gasteiger partial charge in [0.05, 0.1) is 11.0 Å². The number of benzene rings is 1. The zero-order valence-electron chi connectivity index (χ0n) is 15.0. The molecule has 0 heterocycles. The molecule has 0 aromatic heterocycles. The predicted octanol–water partition coefficient (Wildman–Crippen LogP) is 1.64. The minimum absolute atomic E-state index is 0.0247. The first-order valence-electron chi connectivity index (χ1n) is 8.76. The number of hydrogen-bond donors (Lipinski definition) is 2. The van der Waals surface area contributed by atoms with Gasteiger partial charge in [-0.25, -0.2) is 8.42 Å². The molecule has 26 heavy (non-hydrogen) atoms.